The summed E-state index contributed by atoms with van der Waals surface area (Å²) in [5.41, 5.74) is 3.56. The van der Waals surface area contributed by atoms with Crippen LogP contribution >= 0.6 is 11.6 Å². The third-order valence-corrected chi connectivity index (χ3v) is 6.92. The molecule has 4 aromatic rings. The summed E-state index contributed by atoms with van der Waals surface area (Å²) in [6.07, 6.45) is 0. The molecule has 0 unspecified atom stereocenters. The fourth-order valence-corrected chi connectivity index (χ4v) is 4.55. The van der Waals surface area contributed by atoms with E-state index in [-0.39, 0.29) is 21.7 Å². The first-order chi connectivity index (χ1) is 14.8. The molecule has 0 aliphatic rings. The second-order valence-electron chi connectivity index (χ2n) is 7.28. The monoisotopic (exact) mass is 452 g/mol. The summed E-state index contributed by atoms with van der Waals surface area (Å²) in [5, 5.41) is 3.49. The number of anilines is 1. The van der Waals surface area contributed by atoms with Crippen LogP contribution in [0.15, 0.2) is 87.1 Å². The van der Waals surface area contributed by atoms with Gasteiger partial charge < -0.3 is 9.73 Å². The number of benzene rings is 3. The Kier molecular flexibility index (Phi) is 5.85. The van der Waals surface area contributed by atoms with Crippen molar-refractivity contribution < 1.29 is 12.8 Å². The van der Waals surface area contributed by atoms with Gasteiger partial charge in [-0.05, 0) is 49.7 Å². The molecule has 158 valence electrons. The van der Waals surface area contributed by atoms with Crippen LogP contribution in [0.3, 0.4) is 0 Å². The molecule has 0 aliphatic heterocycles. The summed E-state index contributed by atoms with van der Waals surface area (Å²) < 4.78 is 32.6. The minimum Gasteiger partial charge on any atom is -0.419 e. The van der Waals surface area contributed by atoms with E-state index in [0.717, 1.165) is 16.7 Å². The highest BCUT2D eigenvalue weighted by atomic mass is 35.5. The van der Waals surface area contributed by atoms with Gasteiger partial charge in [-0.3, -0.25) is 0 Å². The molecule has 0 fully saturated rings. The van der Waals surface area contributed by atoms with Crippen molar-refractivity contribution in [1.82, 2.24) is 4.98 Å². The summed E-state index contributed by atoms with van der Waals surface area (Å²) in [7, 11) is -3.90. The number of sulfone groups is 1. The Labute approximate surface area is 186 Å². The van der Waals surface area contributed by atoms with Crippen LogP contribution in [0.25, 0.3) is 11.5 Å². The second-order valence-corrected chi connectivity index (χ2v) is 9.55. The van der Waals surface area contributed by atoms with E-state index in [1.807, 2.05) is 56.3 Å². The predicted molar refractivity (Wildman–Crippen MR) is 122 cm³/mol. The van der Waals surface area contributed by atoms with Gasteiger partial charge in [0.1, 0.15) is 0 Å². The minimum atomic E-state index is -3.90. The molecule has 3 aromatic carbocycles. The van der Waals surface area contributed by atoms with Gasteiger partial charge >= 0.3 is 0 Å². The van der Waals surface area contributed by atoms with E-state index >= 15 is 0 Å². The Balaban J connectivity index is 1.77. The summed E-state index contributed by atoms with van der Waals surface area (Å²) in [6.45, 7) is 4.17. The zero-order chi connectivity index (χ0) is 22.0. The molecule has 5 nitrogen and oxygen atoms in total. The average Bonchev–Trinajstić information content (AvgIpc) is 3.19. The molecule has 4 rings (SSSR count). The predicted octanol–water partition coefficient (Wildman–Crippen LogP) is 6.06. The van der Waals surface area contributed by atoms with E-state index in [1.165, 1.54) is 0 Å². The number of nitrogens with one attached hydrogen (secondary N) is 1. The Bertz CT molecular complexity index is 1310. The summed E-state index contributed by atoms with van der Waals surface area (Å²) in [4.78, 5) is 4.52. The Morgan fingerprint density at radius 3 is 2.16 bits per heavy atom. The van der Waals surface area contributed by atoms with Crippen LogP contribution in [-0.2, 0) is 16.4 Å². The number of hydrogen-bond donors (Lipinski definition) is 1. The molecule has 1 heterocycles. The lowest BCUT2D eigenvalue weighted by Gasteiger charge is -2.07. The molecule has 0 saturated carbocycles. The van der Waals surface area contributed by atoms with Crippen LogP contribution in [0.2, 0.25) is 5.02 Å². The highest BCUT2D eigenvalue weighted by molar-refractivity contribution is 7.91. The second kappa shape index (κ2) is 8.57. The molecular formula is C24H21ClN2O3S. The molecule has 1 aromatic heterocycles. The molecule has 0 saturated heterocycles. The van der Waals surface area contributed by atoms with Crippen LogP contribution in [0.1, 0.15) is 16.7 Å². The number of halogens is 1. The molecule has 0 amide bonds. The molecule has 0 aliphatic carbocycles. The molecule has 0 radical (unpaired) electrons. The van der Waals surface area contributed by atoms with Gasteiger partial charge in [-0.2, -0.15) is 4.98 Å². The maximum atomic E-state index is 13.4. The fourth-order valence-electron chi connectivity index (χ4n) is 3.07. The Hall–Kier alpha value is -3.09. The maximum Gasteiger partial charge on any atom is 0.234 e. The number of hydrogen-bond acceptors (Lipinski definition) is 5. The lowest BCUT2D eigenvalue weighted by Crippen LogP contribution is -2.07. The van der Waals surface area contributed by atoms with Crippen molar-refractivity contribution in [3.05, 3.63) is 94.5 Å². The molecular weight excluding hydrogens is 432 g/mol. The SMILES string of the molecule is Cc1ccc(-c2nc(S(=O)(=O)c3ccc(C)cc3)c(NCc3ccccc3Cl)o2)cc1. The number of oxazole rings is 1. The van der Waals surface area contributed by atoms with Crippen molar-refractivity contribution in [2.45, 2.75) is 30.3 Å². The molecule has 0 bridgehead atoms. The molecule has 7 heteroatoms. The molecule has 0 spiro atoms. The lowest BCUT2D eigenvalue weighted by molar-refractivity contribution is 0.576. The van der Waals surface area contributed by atoms with E-state index in [1.54, 1.807) is 30.3 Å². The largest absolute Gasteiger partial charge is 0.419 e. The van der Waals surface area contributed by atoms with E-state index < -0.39 is 9.84 Å². The van der Waals surface area contributed by atoms with Crippen LogP contribution in [0, 0.1) is 13.8 Å². The standard InChI is InChI=1S/C24H21ClN2O3S/c1-16-7-11-18(12-8-16)22-27-24(31(28,29)20-13-9-17(2)10-14-20)23(30-22)26-15-19-5-3-4-6-21(19)25/h3-14,26H,15H2,1-2H3. The van der Waals surface area contributed by atoms with Gasteiger partial charge in [0.05, 0.1) is 4.90 Å². The Morgan fingerprint density at radius 2 is 1.52 bits per heavy atom. The summed E-state index contributed by atoms with van der Waals surface area (Å²) in [5.74, 6) is 0.309. The van der Waals surface area contributed by atoms with Crippen molar-refractivity contribution in [3.8, 4) is 11.5 Å². The maximum absolute atomic E-state index is 13.4. The molecule has 1 N–H and O–H groups in total. The normalized spacial score (nSPS) is 11.5. The third kappa shape index (κ3) is 4.50. The first kappa shape index (κ1) is 21.2. The van der Waals surface area contributed by atoms with Crippen molar-refractivity contribution in [1.29, 1.82) is 0 Å². The summed E-state index contributed by atoms with van der Waals surface area (Å²) in [6, 6.07) is 21.5. The Morgan fingerprint density at radius 1 is 0.903 bits per heavy atom. The number of aryl methyl sites for hydroxylation is 2. The van der Waals surface area contributed by atoms with Crippen LogP contribution in [-0.4, -0.2) is 13.4 Å². The number of aromatic nitrogens is 1. The van der Waals surface area contributed by atoms with Crippen molar-refractivity contribution in [3.63, 3.8) is 0 Å². The van der Waals surface area contributed by atoms with E-state index in [9.17, 15) is 8.42 Å². The zero-order valence-corrected chi connectivity index (χ0v) is 18.7. The van der Waals surface area contributed by atoms with E-state index in [4.69, 9.17) is 16.0 Å². The average molecular weight is 453 g/mol. The van der Waals surface area contributed by atoms with Crippen molar-refractivity contribution in [2.75, 3.05) is 5.32 Å². The topological polar surface area (TPSA) is 72.2 Å². The van der Waals surface area contributed by atoms with Gasteiger partial charge in [0.15, 0.2) is 0 Å². The summed E-state index contributed by atoms with van der Waals surface area (Å²) >= 11 is 6.24. The van der Waals surface area contributed by atoms with Crippen molar-refractivity contribution in [2.24, 2.45) is 0 Å². The van der Waals surface area contributed by atoms with Gasteiger partial charge in [-0.25, -0.2) is 8.42 Å². The van der Waals surface area contributed by atoms with Gasteiger partial charge in [0.25, 0.3) is 0 Å². The van der Waals surface area contributed by atoms with Crippen molar-refractivity contribution >= 4 is 27.3 Å². The van der Waals surface area contributed by atoms with E-state index in [2.05, 4.69) is 10.3 Å². The highest BCUT2D eigenvalue weighted by Crippen LogP contribution is 2.33. The number of nitrogens with zero attached hydrogens (tertiary/aromatic N) is 1. The lowest BCUT2D eigenvalue weighted by atomic mass is 10.1. The number of rotatable bonds is 6. The molecule has 0 atom stereocenters. The third-order valence-electron chi connectivity index (χ3n) is 4.88. The zero-order valence-electron chi connectivity index (χ0n) is 17.1. The van der Waals surface area contributed by atoms with Gasteiger partial charge in [-0.1, -0.05) is 65.2 Å². The minimum absolute atomic E-state index is 0.0797. The van der Waals surface area contributed by atoms with Crippen LogP contribution in [0.5, 0.6) is 0 Å². The first-order valence-corrected chi connectivity index (χ1v) is 11.6. The highest BCUT2D eigenvalue weighted by Gasteiger charge is 2.28. The van der Waals surface area contributed by atoms with E-state index in [0.29, 0.717) is 17.1 Å². The van der Waals surface area contributed by atoms with Gasteiger partial charge in [-0.15, -0.1) is 0 Å². The first-order valence-electron chi connectivity index (χ1n) is 9.71. The van der Waals surface area contributed by atoms with Gasteiger partial charge in [0.2, 0.25) is 26.6 Å². The molecule has 31 heavy (non-hydrogen) atoms. The smallest absolute Gasteiger partial charge is 0.234 e. The quantitative estimate of drug-likeness (QED) is 0.385. The van der Waals surface area contributed by atoms with Crippen LogP contribution < -0.4 is 5.32 Å². The van der Waals surface area contributed by atoms with Gasteiger partial charge in [0, 0.05) is 17.1 Å². The fraction of sp³-hybridized carbons (Fsp3) is 0.125. The van der Waals surface area contributed by atoms with Crippen LogP contribution in [0.4, 0.5) is 5.88 Å².